The van der Waals surface area contributed by atoms with Crippen molar-refractivity contribution in [2.24, 2.45) is 0 Å². The van der Waals surface area contributed by atoms with E-state index in [1.54, 1.807) is 6.92 Å². The maximum Gasteiger partial charge on any atom is 0.419 e. The SMILES string of the molecule is CCOC(=O)Cc1[nH]c(=O)oc1O. The highest BCUT2D eigenvalue weighted by Gasteiger charge is 2.13. The Morgan fingerprint density at radius 2 is 2.38 bits per heavy atom. The van der Waals surface area contributed by atoms with E-state index in [9.17, 15) is 9.59 Å². The number of aromatic hydroxyl groups is 1. The van der Waals surface area contributed by atoms with Gasteiger partial charge in [0.1, 0.15) is 5.69 Å². The first-order valence-corrected chi connectivity index (χ1v) is 3.70. The molecule has 0 fully saturated rings. The molecule has 0 saturated carbocycles. The first kappa shape index (κ1) is 9.37. The average molecular weight is 187 g/mol. The number of carbonyl (C=O) groups is 1. The molecule has 0 bridgehead atoms. The summed E-state index contributed by atoms with van der Waals surface area (Å²) in [4.78, 5) is 23.6. The van der Waals surface area contributed by atoms with Crippen LogP contribution in [0.25, 0.3) is 0 Å². The number of hydrogen-bond donors (Lipinski definition) is 2. The van der Waals surface area contributed by atoms with Gasteiger partial charge in [0.2, 0.25) is 0 Å². The monoisotopic (exact) mass is 187 g/mol. The normalized spacial score (nSPS) is 9.92. The van der Waals surface area contributed by atoms with Crippen LogP contribution in [0.15, 0.2) is 9.21 Å². The van der Waals surface area contributed by atoms with Gasteiger partial charge in [-0.2, -0.15) is 0 Å². The number of H-pyrrole nitrogens is 1. The number of oxazole rings is 1. The van der Waals surface area contributed by atoms with E-state index < -0.39 is 17.7 Å². The minimum absolute atomic E-state index is 0.0310. The molecule has 0 aliphatic rings. The van der Waals surface area contributed by atoms with Crippen LogP contribution in [0, 0.1) is 0 Å². The van der Waals surface area contributed by atoms with Crippen LogP contribution in [0.1, 0.15) is 12.6 Å². The summed E-state index contributed by atoms with van der Waals surface area (Å²) in [6, 6.07) is 0. The van der Waals surface area contributed by atoms with E-state index in [4.69, 9.17) is 5.11 Å². The van der Waals surface area contributed by atoms with Gasteiger partial charge in [0.15, 0.2) is 0 Å². The number of carbonyl (C=O) groups excluding carboxylic acids is 1. The van der Waals surface area contributed by atoms with Gasteiger partial charge in [0, 0.05) is 0 Å². The molecule has 0 spiro atoms. The summed E-state index contributed by atoms with van der Waals surface area (Å²) in [5.41, 5.74) is 0.0310. The third-order valence-electron chi connectivity index (χ3n) is 1.33. The lowest BCUT2D eigenvalue weighted by atomic mass is 10.3. The summed E-state index contributed by atoms with van der Waals surface area (Å²) in [6.45, 7) is 1.91. The highest BCUT2D eigenvalue weighted by molar-refractivity contribution is 5.72. The van der Waals surface area contributed by atoms with E-state index in [-0.39, 0.29) is 18.7 Å². The molecule has 6 heteroatoms. The third kappa shape index (κ3) is 2.36. The van der Waals surface area contributed by atoms with Crippen molar-refractivity contribution in [3.63, 3.8) is 0 Å². The zero-order valence-electron chi connectivity index (χ0n) is 6.99. The van der Waals surface area contributed by atoms with Crippen molar-refractivity contribution in [2.75, 3.05) is 6.61 Å². The average Bonchev–Trinajstić information content (AvgIpc) is 2.30. The second-order valence-electron chi connectivity index (χ2n) is 2.28. The zero-order valence-corrected chi connectivity index (χ0v) is 6.99. The zero-order chi connectivity index (χ0) is 9.84. The van der Waals surface area contributed by atoms with E-state index in [1.807, 2.05) is 0 Å². The molecule has 1 rings (SSSR count). The summed E-state index contributed by atoms with van der Waals surface area (Å²) in [5, 5.41) is 8.94. The van der Waals surface area contributed by atoms with E-state index in [2.05, 4.69) is 14.1 Å². The van der Waals surface area contributed by atoms with Crippen LogP contribution in [0.4, 0.5) is 0 Å². The van der Waals surface area contributed by atoms with Crippen molar-refractivity contribution in [3.05, 3.63) is 16.2 Å². The fourth-order valence-electron chi connectivity index (χ4n) is 0.828. The summed E-state index contributed by atoms with van der Waals surface area (Å²) >= 11 is 0. The second-order valence-corrected chi connectivity index (χ2v) is 2.28. The lowest BCUT2D eigenvalue weighted by Crippen LogP contribution is -2.09. The number of aromatic nitrogens is 1. The minimum Gasteiger partial charge on any atom is -0.479 e. The maximum atomic E-state index is 10.9. The van der Waals surface area contributed by atoms with E-state index in [0.717, 1.165) is 0 Å². The molecular weight excluding hydrogens is 178 g/mol. The number of nitrogens with one attached hydrogen (secondary N) is 1. The third-order valence-corrected chi connectivity index (χ3v) is 1.33. The fourth-order valence-corrected chi connectivity index (χ4v) is 0.828. The van der Waals surface area contributed by atoms with Crippen LogP contribution < -0.4 is 5.76 Å². The molecule has 1 aromatic heterocycles. The predicted octanol–water partition coefficient (Wildman–Crippen LogP) is -0.221. The standard InChI is InChI=1S/C7H9NO5/c1-2-12-5(9)3-4-6(10)13-7(11)8-4/h10H,2-3H2,1H3,(H,8,11). The van der Waals surface area contributed by atoms with Gasteiger partial charge in [0.05, 0.1) is 13.0 Å². The van der Waals surface area contributed by atoms with Crippen LogP contribution in [0.3, 0.4) is 0 Å². The predicted molar refractivity (Wildman–Crippen MR) is 41.3 cm³/mol. The molecule has 1 heterocycles. The number of rotatable bonds is 3. The van der Waals surface area contributed by atoms with Crippen LogP contribution >= 0.6 is 0 Å². The lowest BCUT2D eigenvalue weighted by molar-refractivity contribution is -0.142. The Morgan fingerprint density at radius 3 is 2.85 bits per heavy atom. The van der Waals surface area contributed by atoms with Gasteiger partial charge in [-0.15, -0.1) is 0 Å². The van der Waals surface area contributed by atoms with Gasteiger partial charge in [-0.25, -0.2) is 4.79 Å². The second kappa shape index (κ2) is 3.79. The number of hydrogen-bond acceptors (Lipinski definition) is 5. The molecular formula is C7H9NO5. The summed E-state index contributed by atoms with van der Waals surface area (Å²) in [6.07, 6.45) is -0.203. The Hall–Kier alpha value is -1.72. The highest BCUT2D eigenvalue weighted by Crippen LogP contribution is 2.11. The van der Waals surface area contributed by atoms with Crippen molar-refractivity contribution >= 4 is 5.97 Å². The van der Waals surface area contributed by atoms with Gasteiger partial charge < -0.3 is 14.3 Å². The Bertz CT molecular complexity index is 350. The van der Waals surface area contributed by atoms with E-state index >= 15 is 0 Å². The maximum absolute atomic E-state index is 10.9. The Balaban J connectivity index is 2.68. The van der Waals surface area contributed by atoms with Gasteiger partial charge in [-0.05, 0) is 6.92 Å². The van der Waals surface area contributed by atoms with Crippen molar-refractivity contribution in [1.82, 2.24) is 4.98 Å². The van der Waals surface area contributed by atoms with Crippen LogP contribution in [0.2, 0.25) is 0 Å². The molecule has 72 valence electrons. The summed E-state index contributed by atoms with van der Waals surface area (Å²) in [7, 11) is 0. The van der Waals surface area contributed by atoms with Gasteiger partial charge in [0.25, 0.3) is 0 Å². The van der Waals surface area contributed by atoms with E-state index in [1.165, 1.54) is 0 Å². The van der Waals surface area contributed by atoms with Crippen molar-refractivity contribution in [2.45, 2.75) is 13.3 Å². The first-order chi connectivity index (χ1) is 6.13. The quantitative estimate of drug-likeness (QED) is 0.638. The molecule has 0 radical (unpaired) electrons. The highest BCUT2D eigenvalue weighted by atomic mass is 16.5. The Kier molecular flexibility index (Phi) is 2.73. The molecule has 2 N–H and O–H groups in total. The molecule has 0 unspecified atom stereocenters. The number of esters is 1. The fraction of sp³-hybridized carbons (Fsp3) is 0.429. The van der Waals surface area contributed by atoms with Gasteiger partial charge in [-0.1, -0.05) is 0 Å². The minimum atomic E-state index is -0.795. The largest absolute Gasteiger partial charge is 0.479 e. The molecule has 6 nitrogen and oxygen atoms in total. The van der Waals surface area contributed by atoms with Crippen molar-refractivity contribution in [3.8, 4) is 5.95 Å². The van der Waals surface area contributed by atoms with E-state index in [0.29, 0.717) is 0 Å². The molecule has 13 heavy (non-hydrogen) atoms. The molecule has 1 aromatic rings. The number of aromatic amines is 1. The molecule has 0 saturated heterocycles. The molecule has 0 aromatic carbocycles. The summed E-state index contributed by atoms with van der Waals surface area (Å²) < 4.78 is 8.83. The topological polar surface area (TPSA) is 92.5 Å². The Labute approximate surface area is 73.1 Å². The van der Waals surface area contributed by atoms with Gasteiger partial charge in [-0.3, -0.25) is 9.78 Å². The molecule has 0 aliphatic heterocycles. The lowest BCUT2D eigenvalue weighted by Gasteiger charge is -1.98. The van der Waals surface area contributed by atoms with Crippen LogP contribution in [0.5, 0.6) is 5.95 Å². The van der Waals surface area contributed by atoms with Crippen molar-refractivity contribution in [1.29, 1.82) is 0 Å². The van der Waals surface area contributed by atoms with Crippen molar-refractivity contribution < 1.29 is 19.1 Å². The molecule has 0 amide bonds. The first-order valence-electron chi connectivity index (χ1n) is 3.70. The smallest absolute Gasteiger partial charge is 0.419 e. The van der Waals surface area contributed by atoms with Crippen LogP contribution in [-0.2, 0) is 16.0 Å². The molecule has 0 atom stereocenters. The Morgan fingerprint density at radius 1 is 1.69 bits per heavy atom. The van der Waals surface area contributed by atoms with Crippen LogP contribution in [-0.4, -0.2) is 22.7 Å². The van der Waals surface area contributed by atoms with Gasteiger partial charge >= 0.3 is 17.7 Å². The summed E-state index contributed by atoms with van der Waals surface area (Å²) in [5.74, 6) is -1.90. The number of ether oxygens (including phenoxy) is 1. The molecule has 0 aliphatic carbocycles.